The fourth-order valence-electron chi connectivity index (χ4n) is 8.07. The fraction of sp³-hybridized carbons (Fsp3) is 0.390. The van der Waals surface area contributed by atoms with Crippen LogP contribution in [0.4, 0.5) is 21.9 Å². The maximum absolute atomic E-state index is 13.3. The number of anilines is 1. The average Bonchev–Trinajstić information content (AvgIpc) is 3.55. The number of ether oxygens (including phenoxy) is 1. The maximum atomic E-state index is 13.3. The summed E-state index contributed by atoms with van der Waals surface area (Å²) in [6.07, 6.45) is 5.53. The molecule has 0 aromatic heterocycles. The molecular formula is C41H50N6O10S2+2. The molecule has 3 heterocycles. The highest BCUT2D eigenvalue weighted by atomic mass is 32.2. The minimum atomic E-state index is -4.49. The maximum Gasteiger partial charge on any atom is 0.407 e. The van der Waals surface area contributed by atoms with Gasteiger partial charge in [0.2, 0.25) is 5.69 Å². The summed E-state index contributed by atoms with van der Waals surface area (Å²) in [5.41, 5.74) is 4.30. The standard InChI is InChI=1S/C41H48N6O10S2/c1-6-46-34-15-13-29(58(51,52)53)24-32(34)40(2,3)36(46)9-7-10-37-41(4,5)33-25-30(59(54,55)56)14-16-35(33)47(37)20-8-17-43-39(49)57-26-27-11-12-28(44-50)23-31(27)38(48)45-21-18-42-19-22-45/h7,9-16,23-25,42H,6,8,17-22,26H2,1-5H3,(H2-,43,49,51,52,53,54,55,56)/p+2. The summed E-state index contributed by atoms with van der Waals surface area (Å²) in [7, 11) is -8.90. The molecule has 1 saturated heterocycles. The van der Waals surface area contributed by atoms with E-state index < -0.39 is 37.2 Å². The molecule has 3 aliphatic rings. The number of rotatable bonds is 13. The Balaban J connectivity index is 1.21. The van der Waals surface area contributed by atoms with Crippen LogP contribution in [-0.2, 0) is 42.4 Å². The van der Waals surface area contributed by atoms with Crippen LogP contribution in [0.3, 0.4) is 0 Å². The van der Waals surface area contributed by atoms with Gasteiger partial charge in [0, 0.05) is 108 Å². The molecular weight excluding hydrogens is 801 g/mol. The molecule has 3 aliphatic heterocycles. The van der Waals surface area contributed by atoms with Crippen LogP contribution in [0, 0.1) is 4.91 Å². The molecule has 18 heteroatoms. The SMILES string of the molecule is CCN1/C(=C/C=C/C2=[N+](CCCNC(=O)OCc3ccc([NH+]=O)cc3C(=O)N3CCNCC3)c3ccc(S(=O)(=O)O)cc3C2(C)C)C(C)(C)c2cc(S(=O)(=O)O)ccc21. The summed E-state index contributed by atoms with van der Waals surface area (Å²) >= 11 is 0. The third kappa shape index (κ3) is 8.86. The van der Waals surface area contributed by atoms with Gasteiger partial charge in [-0.3, -0.25) is 13.9 Å². The lowest BCUT2D eigenvalue weighted by molar-refractivity contribution is -0.437. The number of fused-ring (bicyclic) bond motifs is 2. The van der Waals surface area contributed by atoms with E-state index in [1.54, 1.807) is 23.1 Å². The Labute approximate surface area is 344 Å². The highest BCUT2D eigenvalue weighted by molar-refractivity contribution is 7.86. The van der Waals surface area contributed by atoms with E-state index in [0.717, 1.165) is 28.3 Å². The summed E-state index contributed by atoms with van der Waals surface area (Å²) in [5, 5.41) is 7.77. The van der Waals surface area contributed by atoms with Crippen molar-refractivity contribution in [3.63, 3.8) is 0 Å². The Bertz CT molecular complexity index is 2510. The van der Waals surface area contributed by atoms with Crippen molar-refractivity contribution in [2.75, 3.05) is 50.7 Å². The number of carbonyl (C=O) groups excluding carboxylic acids is 2. The highest BCUT2D eigenvalue weighted by Crippen LogP contribution is 2.48. The van der Waals surface area contributed by atoms with Crippen molar-refractivity contribution >= 4 is 55.0 Å². The van der Waals surface area contributed by atoms with Crippen molar-refractivity contribution in [1.29, 1.82) is 0 Å². The van der Waals surface area contributed by atoms with Crippen LogP contribution in [0.2, 0.25) is 0 Å². The number of hydrogen-bond donors (Lipinski definition) is 5. The molecule has 1 fully saturated rings. The van der Waals surface area contributed by atoms with Crippen molar-refractivity contribution in [3.05, 3.63) is 106 Å². The van der Waals surface area contributed by atoms with Gasteiger partial charge >= 0.3 is 6.09 Å². The Morgan fingerprint density at radius 2 is 1.59 bits per heavy atom. The van der Waals surface area contributed by atoms with Gasteiger partial charge in [0.25, 0.3) is 31.8 Å². The van der Waals surface area contributed by atoms with E-state index in [0.29, 0.717) is 56.8 Å². The lowest BCUT2D eigenvalue weighted by Gasteiger charge is -2.28. The van der Waals surface area contributed by atoms with E-state index in [-0.39, 0.29) is 40.1 Å². The van der Waals surface area contributed by atoms with E-state index in [1.165, 1.54) is 36.4 Å². The molecule has 6 rings (SSSR count). The molecule has 0 unspecified atom stereocenters. The largest absolute Gasteiger partial charge is 0.445 e. The first-order valence-corrected chi connectivity index (χ1v) is 22.1. The van der Waals surface area contributed by atoms with E-state index in [4.69, 9.17) is 4.74 Å². The highest BCUT2D eigenvalue weighted by Gasteiger charge is 2.45. The molecule has 0 radical (unpaired) electrons. The van der Waals surface area contributed by atoms with E-state index >= 15 is 0 Å². The molecule has 0 bridgehead atoms. The molecule has 2 amide bonds. The number of nitrogens with zero attached hydrogens (tertiary/aromatic N) is 3. The van der Waals surface area contributed by atoms with Crippen molar-refractivity contribution in [3.8, 4) is 0 Å². The van der Waals surface area contributed by atoms with Gasteiger partial charge in [0.05, 0.1) is 20.8 Å². The second-order valence-corrected chi connectivity index (χ2v) is 18.5. The number of amides is 2. The monoisotopic (exact) mass is 850 g/mol. The first-order valence-electron chi connectivity index (χ1n) is 19.3. The first-order chi connectivity index (χ1) is 27.8. The Hall–Kier alpha value is -5.27. The number of hydrogen-bond acceptors (Lipinski definition) is 10. The third-order valence-electron chi connectivity index (χ3n) is 11.2. The second-order valence-electron chi connectivity index (χ2n) is 15.6. The van der Waals surface area contributed by atoms with Gasteiger partial charge in [-0.1, -0.05) is 19.9 Å². The molecule has 0 aliphatic carbocycles. The minimum Gasteiger partial charge on any atom is -0.445 e. The predicted molar refractivity (Wildman–Crippen MR) is 221 cm³/mol. The number of nitroso groups, excluding NO2 is 1. The van der Waals surface area contributed by atoms with Gasteiger partial charge < -0.3 is 25.2 Å². The van der Waals surface area contributed by atoms with Crippen molar-refractivity contribution in [2.45, 2.75) is 68.3 Å². The molecule has 0 saturated carbocycles. The molecule has 3 aromatic rings. The van der Waals surface area contributed by atoms with E-state index in [1.807, 2.05) is 62.6 Å². The molecule has 0 atom stereocenters. The van der Waals surface area contributed by atoms with Crippen LogP contribution in [0.25, 0.3) is 0 Å². The number of carbonyl (C=O) groups is 2. The van der Waals surface area contributed by atoms with E-state index in [9.17, 15) is 40.4 Å². The molecule has 16 nitrogen and oxygen atoms in total. The number of benzene rings is 3. The van der Waals surface area contributed by atoms with Crippen molar-refractivity contribution < 1.29 is 50.0 Å². The quantitative estimate of drug-likeness (QED) is 0.0947. The first kappa shape index (κ1) is 43.3. The molecule has 0 spiro atoms. The second kappa shape index (κ2) is 16.8. The number of allylic oxidation sites excluding steroid dienone is 4. The smallest absolute Gasteiger partial charge is 0.407 e. The summed E-state index contributed by atoms with van der Waals surface area (Å²) in [4.78, 5) is 40.9. The number of likely N-dealkylation sites (N-methyl/N-ethyl adjacent to an activating group) is 1. The number of nitrogens with one attached hydrogen (secondary N) is 3. The summed E-state index contributed by atoms with van der Waals surface area (Å²) in [5.74, 6) is -0.258. The van der Waals surface area contributed by atoms with Gasteiger partial charge in [-0.25, -0.2) is 4.79 Å². The van der Waals surface area contributed by atoms with Crippen LogP contribution in [-0.4, -0.2) is 98.9 Å². The Morgan fingerprint density at radius 3 is 2.24 bits per heavy atom. The Kier molecular flexibility index (Phi) is 12.3. The zero-order valence-corrected chi connectivity index (χ0v) is 35.2. The van der Waals surface area contributed by atoms with Crippen LogP contribution < -0.4 is 20.7 Å². The Morgan fingerprint density at radius 1 is 0.932 bits per heavy atom. The van der Waals surface area contributed by atoms with E-state index in [2.05, 4.69) is 15.5 Å². The average molecular weight is 851 g/mol. The normalized spacial score (nSPS) is 18.0. The van der Waals surface area contributed by atoms with Crippen LogP contribution in [0.1, 0.15) is 68.1 Å². The summed E-state index contributed by atoms with van der Waals surface area (Å²) in [6, 6.07) is 13.6. The molecule has 3 aromatic carbocycles. The molecule has 59 heavy (non-hydrogen) atoms. The summed E-state index contributed by atoms with van der Waals surface area (Å²) < 4.78 is 75.4. The number of alkyl carbamates (subject to hydrolysis) is 1. The van der Waals surface area contributed by atoms with Crippen molar-refractivity contribution in [1.82, 2.24) is 15.5 Å². The van der Waals surface area contributed by atoms with Crippen LogP contribution in [0.15, 0.2) is 88.3 Å². The third-order valence-corrected chi connectivity index (χ3v) is 12.9. The summed E-state index contributed by atoms with van der Waals surface area (Å²) in [6.45, 7) is 13.2. The fourth-order valence-corrected chi connectivity index (χ4v) is 9.08. The lowest BCUT2D eigenvalue weighted by Crippen LogP contribution is -2.55. The zero-order valence-electron chi connectivity index (χ0n) is 33.6. The minimum absolute atomic E-state index is 0.183. The van der Waals surface area contributed by atoms with Gasteiger partial charge in [-0.15, -0.1) is 0 Å². The lowest BCUT2D eigenvalue weighted by atomic mass is 9.81. The molecule has 314 valence electrons. The van der Waals surface area contributed by atoms with Crippen molar-refractivity contribution in [2.24, 2.45) is 0 Å². The molecule has 5 N–H and O–H groups in total. The van der Waals surface area contributed by atoms with Gasteiger partial charge in [-0.05, 0) is 68.8 Å². The predicted octanol–water partition coefficient (Wildman–Crippen LogP) is 3.65. The zero-order chi connectivity index (χ0) is 42.9. The van der Waals surface area contributed by atoms with Gasteiger partial charge in [0.15, 0.2) is 12.3 Å². The van der Waals surface area contributed by atoms with Gasteiger partial charge in [-0.2, -0.15) is 21.4 Å². The van der Waals surface area contributed by atoms with Crippen LogP contribution in [0.5, 0.6) is 0 Å². The van der Waals surface area contributed by atoms with Crippen LogP contribution >= 0.6 is 0 Å². The topological polar surface area (TPSA) is 217 Å². The van der Waals surface area contributed by atoms with Gasteiger partial charge in [0.1, 0.15) is 6.61 Å². The number of piperazine rings is 1.